The van der Waals surface area contributed by atoms with E-state index in [0.717, 1.165) is 16.7 Å². The molecule has 0 radical (unpaired) electrons. The number of alkyl halides is 3. The standard InChI is InChI=1S/C29H30F3N3O5S/c1-3-23(16-26-25-17-24(13-12-20(25)14-15-34-26)40-41(38,39)29(30,31)32)35-28(37)22-10-6-19(7-11-22)18-4-8-21(9-5-18)27(36)33-2/h4-13,17,23,26,34H,3,14-16H2,1-2H3,(H,33,36)(H,35,37). The highest BCUT2D eigenvalue weighted by atomic mass is 32.2. The first kappa shape index (κ1) is 30.1. The summed E-state index contributed by atoms with van der Waals surface area (Å²) in [6, 6.07) is 17.7. The predicted octanol–water partition coefficient (Wildman–Crippen LogP) is 4.73. The van der Waals surface area contributed by atoms with Crippen molar-refractivity contribution in [2.24, 2.45) is 0 Å². The molecular weight excluding hydrogens is 559 g/mol. The second-order valence-corrected chi connectivity index (χ2v) is 11.2. The van der Waals surface area contributed by atoms with Gasteiger partial charge in [-0.25, -0.2) is 0 Å². The molecule has 1 heterocycles. The molecule has 1 aliphatic rings. The lowest BCUT2D eigenvalue weighted by Gasteiger charge is -2.30. The average molecular weight is 590 g/mol. The minimum absolute atomic E-state index is 0.177. The molecule has 12 heteroatoms. The van der Waals surface area contributed by atoms with Gasteiger partial charge in [0.2, 0.25) is 0 Å². The van der Waals surface area contributed by atoms with E-state index < -0.39 is 21.4 Å². The third-order valence-corrected chi connectivity index (χ3v) is 7.95. The second kappa shape index (κ2) is 12.3. The van der Waals surface area contributed by atoms with Crippen molar-refractivity contribution in [1.82, 2.24) is 16.0 Å². The SMILES string of the molecule is CCC(CC1NCCc2ccc(OS(=O)(=O)C(F)(F)F)cc21)NC(=O)c1ccc(-c2ccc(C(=O)NC)cc2)cc1. The molecule has 0 aromatic heterocycles. The maximum Gasteiger partial charge on any atom is 0.534 e. The third-order valence-electron chi connectivity index (χ3n) is 6.97. The normalized spacial score (nSPS) is 15.9. The lowest BCUT2D eigenvalue weighted by atomic mass is 9.89. The minimum atomic E-state index is -5.79. The Balaban J connectivity index is 1.44. The quantitative estimate of drug-likeness (QED) is 0.246. The van der Waals surface area contributed by atoms with Crippen LogP contribution in [0.3, 0.4) is 0 Å². The molecule has 2 unspecified atom stereocenters. The highest BCUT2D eigenvalue weighted by Gasteiger charge is 2.48. The maximum absolute atomic E-state index is 13.0. The van der Waals surface area contributed by atoms with E-state index in [4.69, 9.17) is 0 Å². The van der Waals surface area contributed by atoms with Gasteiger partial charge in [-0.1, -0.05) is 37.3 Å². The Morgan fingerprint density at radius 2 is 1.56 bits per heavy atom. The first-order chi connectivity index (χ1) is 19.4. The highest BCUT2D eigenvalue weighted by Crippen LogP contribution is 2.33. The first-order valence-corrected chi connectivity index (χ1v) is 14.4. The zero-order valence-corrected chi connectivity index (χ0v) is 23.2. The lowest BCUT2D eigenvalue weighted by molar-refractivity contribution is -0.0500. The Morgan fingerprint density at radius 3 is 2.10 bits per heavy atom. The largest absolute Gasteiger partial charge is 0.534 e. The van der Waals surface area contributed by atoms with Gasteiger partial charge in [-0.05, 0) is 84.5 Å². The van der Waals surface area contributed by atoms with E-state index >= 15 is 0 Å². The smallest absolute Gasteiger partial charge is 0.376 e. The van der Waals surface area contributed by atoms with Crippen molar-refractivity contribution in [2.45, 2.75) is 43.8 Å². The van der Waals surface area contributed by atoms with Crippen molar-refractivity contribution >= 4 is 21.9 Å². The molecule has 8 nitrogen and oxygen atoms in total. The molecule has 3 aromatic rings. The summed E-state index contributed by atoms with van der Waals surface area (Å²) in [5.74, 6) is -0.873. The molecule has 218 valence electrons. The summed E-state index contributed by atoms with van der Waals surface area (Å²) in [5, 5.41) is 8.90. The van der Waals surface area contributed by atoms with Gasteiger partial charge in [0.25, 0.3) is 11.8 Å². The Morgan fingerprint density at radius 1 is 0.976 bits per heavy atom. The number of carbonyl (C=O) groups is 2. The van der Waals surface area contributed by atoms with Gasteiger partial charge in [0, 0.05) is 30.3 Å². The number of carbonyl (C=O) groups excluding carboxylic acids is 2. The molecule has 0 bridgehead atoms. The molecule has 0 saturated carbocycles. The average Bonchev–Trinajstić information content (AvgIpc) is 2.96. The maximum atomic E-state index is 13.0. The van der Waals surface area contributed by atoms with Crippen LogP contribution in [0.4, 0.5) is 13.2 Å². The molecule has 0 spiro atoms. The van der Waals surface area contributed by atoms with Crippen LogP contribution in [0.1, 0.15) is 57.7 Å². The number of hydrogen-bond donors (Lipinski definition) is 3. The Hall–Kier alpha value is -3.90. The topological polar surface area (TPSA) is 114 Å². The Kier molecular flexibility index (Phi) is 9.03. The van der Waals surface area contributed by atoms with E-state index in [9.17, 15) is 31.2 Å². The summed E-state index contributed by atoms with van der Waals surface area (Å²) in [4.78, 5) is 24.8. The monoisotopic (exact) mass is 589 g/mol. The molecule has 0 fully saturated rings. The van der Waals surface area contributed by atoms with Crippen LogP contribution in [-0.4, -0.2) is 45.4 Å². The van der Waals surface area contributed by atoms with Crippen molar-refractivity contribution < 1.29 is 35.4 Å². The number of rotatable bonds is 9. The van der Waals surface area contributed by atoms with Crippen LogP contribution in [0.15, 0.2) is 66.7 Å². The van der Waals surface area contributed by atoms with Gasteiger partial charge >= 0.3 is 15.6 Å². The fourth-order valence-electron chi connectivity index (χ4n) is 4.71. The second-order valence-electron chi connectivity index (χ2n) is 9.65. The van der Waals surface area contributed by atoms with Gasteiger partial charge in [0.15, 0.2) is 0 Å². The number of nitrogens with one attached hydrogen (secondary N) is 3. The summed E-state index contributed by atoms with van der Waals surface area (Å²) >= 11 is 0. The van der Waals surface area contributed by atoms with Crippen LogP contribution >= 0.6 is 0 Å². The predicted molar refractivity (Wildman–Crippen MR) is 148 cm³/mol. The molecule has 2 atom stereocenters. The zero-order chi connectivity index (χ0) is 29.8. The molecule has 0 saturated heterocycles. The van der Waals surface area contributed by atoms with Gasteiger partial charge in [0.05, 0.1) is 0 Å². The van der Waals surface area contributed by atoms with Crippen LogP contribution in [0.5, 0.6) is 5.75 Å². The molecule has 1 aliphatic heterocycles. The van der Waals surface area contributed by atoms with E-state index in [1.807, 2.05) is 31.2 Å². The van der Waals surface area contributed by atoms with Gasteiger partial charge in [-0.15, -0.1) is 0 Å². The van der Waals surface area contributed by atoms with Crippen molar-refractivity contribution in [3.63, 3.8) is 0 Å². The molecular formula is C29H30F3N3O5S. The summed E-state index contributed by atoms with van der Waals surface area (Å²) < 4.78 is 65.7. The Bertz CT molecular complexity index is 1510. The van der Waals surface area contributed by atoms with Crippen LogP contribution < -0.4 is 20.1 Å². The van der Waals surface area contributed by atoms with Crippen LogP contribution in [0.25, 0.3) is 11.1 Å². The summed E-state index contributed by atoms with van der Waals surface area (Å²) in [7, 11) is -4.22. The zero-order valence-electron chi connectivity index (χ0n) is 22.4. The van der Waals surface area contributed by atoms with Gasteiger partial charge in [0.1, 0.15) is 5.75 Å². The molecule has 4 rings (SSSR count). The number of benzene rings is 3. The fraction of sp³-hybridized carbons (Fsp3) is 0.310. The summed E-state index contributed by atoms with van der Waals surface area (Å²) in [5.41, 5.74) is -1.26. The van der Waals surface area contributed by atoms with Crippen LogP contribution in [0.2, 0.25) is 0 Å². The molecule has 0 aliphatic carbocycles. The summed E-state index contributed by atoms with van der Waals surface area (Å²) in [6.07, 6.45) is 1.64. The number of hydrogen-bond acceptors (Lipinski definition) is 6. The van der Waals surface area contributed by atoms with Gasteiger partial charge < -0.3 is 20.1 Å². The molecule has 41 heavy (non-hydrogen) atoms. The van der Waals surface area contributed by atoms with E-state index in [1.54, 1.807) is 37.4 Å². The van der Waals surface area contributed by atoms with Crippen LogP contribution in [-0.2, 0) is 16.5 Å². The Labute approximate surface area is 236 Å². The number of halogens is 3. The molecule has 2 amide bonds. The van der Waals surface area contributed by atoms with Gasteiger partial charge in [-0.2, -0.15) is 21.6 Å². The van der Waals surface area contributed by atoms with Crippen molar-refractivity contribution in [2.75, 3.05) is 13.6 Å². The summed E-state index contributed by atoms with van der Waals surface area (Å²) in [6.45, 7) is 2.53. The minimum Gasteiger partial charge on any atom is -0.376 e. The highest BCUT2D eigenvalue weighted by molar-refractivity contribution is 7.88. The van der Waals surface area contributed by atoms with Crippen LogP contribution in [0, 0.1) is 0 Å². The number of fused-ring (bicyclic) bond motifs is 1. The van der Waals surface area contributed by atoms with Crippen molar-refractivity contribution in [1.29, 1.82) is 0 Å². The molecule has 3 aromatic carbocycles. The van der Waals surface area contributed by atoms with Gasteiger partial charge in [-0.3, -0.25) is 9.59 Å². The van der Waals surface area contributed by atoms with E-state index in [0.29, 0.717) is 42.5 Å². The lowest BCUT2D eigenvalue weighted by Crippen LogP contribution is -2.39. The first-order valence-electron chi connectivity index (χ1n) is 13.0. The van der Waals surface area contributed by atoms with E-state index in [1.165, 1.54) is 12.1 Å². The molecule has 3 N–H and O–H groups in total. The third kappa shape index (κ3) is 7.06. The van der Waals surface area contributed by atoms with Crippen molar-refractivity contribution in [3.05, 3.63) is 89.0 Å². The fourth-order valence-corrected chi connectivity index (χ4v) is 5.16. The van der Waals surface area contributed by atoms with E-state index in [2.05, 4.69) is 20.1 Å². The van der Waals surface area contributed by atoms with Crippen molar-refractivity contribution in [3.8, 4) is 16.9 Å². The van der Waals surface area contributed by atoms with E-state index in [-0.39, 0.29) is 23.9 Å². The number of amides is 2.